The van der Waals surface area contributed by atoms with E-state index in [0.717, 1.165) is 38.0 Å². The van der Waals surface area contributed by atoms with Crippen LogP contribution in [0.5, 0.6) is 0 Å². The Bertz CT molecular complexity index is 960. The number of nitrogens with one attached hydrogen (secondary N) is 1. The molecule has 2 heterocycles. The standard InChI is InChI=1S/C21H25N5O/c1-3-25(4-2)13-15-11-22-20-18(12-23-26(20)14-15)21(27)24-19-10-9-16-7-5-6-8-17(16)19/h5-8,11-12,14,19H,3-4,9-10,13H2,1-2H3,(H,24,27). The Labute approximate surface area is 159 Å². The van der Waals surface area contributed by atoms with Gasteiger partial charge >= 0.3 is 0 Å². The Kier molecular flexibility index (Phi) is 4.90. The minimum absolute atomic E-state index is 0.0607. The lowest BCUT2D eigenvalue weighted by atomic mass is 10.1. The fourth-order valence-corrected chi connectivity index (χ4v) is 3.80. The van der Waals surface area contributed by atoms with Crippen LogP contribution in [-0.4, -0.2) is 38.5 Å². The Balaban J connectivity index is 1.53. The third kappa shape index (κ3) is 3.45. The maximum atomic E-state index is 12.8. The van der Waals surface area contributed by atoms with E-state index in [2.05, 4.69) is 46.3 Å². The summed E-state index contributed by atoms with van der Waals surface area (Å²) in [5, 5.41) is 7.51. The van der Waals surface area contributed by atoms with Gasteiger partial charge in [-0.3, -0.25) is 9.69 Å². The number of hydrogen-bond donors (Lipinski definition) is 1. The second-order valence-corrected chi connectivity index (χ2v) is 7.01. The molecule has 6 nitrogen and oxygen atoms in total. The van der Waals surface area contributed by atoms with Crippen molar-refractivity contribution >= 4 is 11.6 Å². The Morgan fingerprint density at radius 3 is 2.89 bits per heavy atom. The molecule has 27 heavy (non-hydrogen) atoms. The number of benzene rings is 1. The molecule has 1 unspecified atom stereocenters. The zero-order chi connectivity index (χ0) is 18.8. The van der Waals surface area contributed by atoms with Crippen LogP contribution >= 0.6 is 0 Å². The minimum Gasteiger partial charge on any atom is -0.345 e. The summed E-state index contributed by atoms with van der Waals surface area (Å²) >= 11 is 0. The summed E-state index contributed by atoms with van der Waals surface area (Å²) in [6.07, 6.45) is 7.35. The van der Waals surface area contributed by atoms with Crippen LogP contribution in [0.3, 0.4) is 0 Å². The van der Waals surface area contributed by atoms with Gasteiger partial charge in [-0.25, -0.2) is 9.50 Å². The zero-order valence-electron chi connectivity index (χ0n) is 15.9. The van der Waals surface area contributed by atoms with Gasteiger partial charge in [-0.2, -0.15) is 5.10 Å². The van der Waals surface area contributed by atoms with Crippen LogP contribution < -0.4 is 5.32 Å². The molecular formula is C21H25N5O. The third-order valence-electron chi connectivity index (χ3n) is 5.39. The summed E-state index contributed by atoms with van der Waals surface area (Å²) in [5.74, 6) is -0.115. The van der Waals surface area contributed by atoms with Crippen molar-refractivity contribution in [3.05, 3.63) is 65.1 Å². The molecule has 2 aromatic heterocycles. The van der Waals surface area contributed by atoms with Crippen molar-refractivity contribution in [3.8, 4) is 0 Å². The van der Waals surface area contributed by atoms with Gasteiger partial charge in [0, 0.05) is 24.5 Å². The van der Waals surface area contributed by atoms with Gasteiger partial charge in [-0.05, 0) is 37.1 Å². The van der Waals surface area contributed by atoms with Crippen LogP contribution in [0.1, 0.15) is 53.4 Å². The molecule has 6 heteroatoms. The number of fused-ring (bicyclic) bond motifs is 2. The highest BCUT2D eigenvalue weighted by Crippen LogP contribution is 2.31. The van der Waals surface area contributed by atoms with Crippen molar-refractivity contribution in [1.82, 2.24) is 24.8 Å². The maximum Gasteiger partial charge on any atom is 0.257 e. The van der Waals surface area contributed by atoms with Crippen LogP contribution in [0.4, 0.5) is 0 Å². The minimum atomic E-state index is -0.115. The number of rotatable bonds is 6. The average molecular weight is 363 g/mol. The van der Waals surface area contributed by atoms with E-state index in [1.165, 1.54) is 11.1 Å². The molecule has 0 radical (unpaired) electrons. The lowest BCUT2D eigenvalue weighted by Crippen LogP contribution is -2.27. The molecule has 1 aliphatic rings. The van der Waals surface area contributed by atoms with Crippen molar-refractivity contribution < 1.29 is 4.79 Å². The lowest BCUT2D eigenvalue weighted by molar-refractivity contribution is 0.0938. The number of carbonyl (C=O) groups excluding carboxylic acids is 1. The van der Waals surface area contributed by atoms with Crippen LogP contribution in [0, 0.1) is 0 Å². The molecule has 3 aromatic rings. The van der Waals surface area contributed by atoms with Crippen molar-refractivity contribution in [2.45, 2.75) is 39.3 Å². The van der Waals surface area contributed by atoms with Crippen molar-refractivity contribution in [2.75, 3.05) is 13.1 Å². The molecule has 0 spiro atoms. The normalized spacial score (nSPS) is 16.0. The van der Waals surface area contributed by atoms with E-state index in [1.54, 1.807) is 10.7 Å². The first-order valence-corrected chi connectivity index (χ1v) is 9.62. The highest BCUT2D eigenvalue weighted by atomic mass is 16.1. The Morgan fingerprint density at radius 1 is 1.26 bits per heavy atom. The molecule has 0 saturated carbocycles. The van der Waals surface area contributed by atoms with E-state index in [0.29, 0.717) is 11.2 Å². The number of hydrogen-bond acceptors (Lipinski definition) is 4. The number of nitrogens with zero attached hydrogens (tertiary/aromatic N) is 4. The summed E-state index contributed by atoms with van der Waals surface area (Å²) < 4.78 is 1.70. The van der Waals surface area contributed by atoms with Gasteiger partial charge in [-0.15, -0.1) is 0 Å². The van der Waals surface area contributed by atoms with Crippen molar-refractivity contribution in [3.63, 3.8) is 0 Å². The summed E-state index contributed by atoms with van der Waals surface area (Å²) in [5.41, 5.74) is 4.75. The molecule has 0 saturated heterocycles. The van der Waals surface area contributed by atoms with Crippen LogP contribution in [0.15, 0.2) is 42.9 Å². The largest absolute Gasteiger partial charge is 0.345 e. The SMILES string of the molecule is CCN(CC)Cc1cnc2c(C(=O)NC3CCc4ccccc43)cnn2c1. The zero-order valence-corrected chi connectivity index (χ0v) is 15.9. The van der Waals surface area contributed by atoms with Gasteiger partial charge in [-0.1, -0.05) is 38.1 Å². The van der Waals surface area contributed by atoms with Crippen molar-refractivity contribution in [1.29, 1.82) is 0 Å². The maximum absolute atomic E-state index is 12.8. The van der Waals surface area contributed by atoms with Crippen LogP contribution in [0.25, 0.3) is 5.65 Å². The van der Waals surface area contributed by atoms with E-state index < -0.39 is 0 Å². The highest BCUT2D eigenvalue weighted by molar-refractivity contribution is 5.99. The molecule has 4 rings (SSSR count). The highest BCUT2D eigenvalue weighted by Gasteiger charge is 2.25. The monoisotopic (exact) mass is 363 g/mol. The van der Waals surface area contributed by atoms with E-state index in [-0.39, 0.29) is 11.9 Å². The van der Waals surface area contributed by atoms with E-state index in [1.807, 2.05) is 24.5 Å². The first kappa shape index (κ1) is 17.7. The van der Waals surface area contributed by atoms with E-state index >= 15 is 0 Å². The molecule has 0 aliphatic heterocycles. The number of aromatic nitrogens is 3. The number of aryl methyl sites for hydroxylation is 1. The predicted molar refractivity (Wildman–Crippen MR) is 105 cm³/mol. The van der Waals surface area contributed by atoms with Crippen LogP contribution in [-0.2, 0) is 13.0 Å². The number of carbonyl (C=O) groups is 1. The molecule has 1 N–H and O–H groups in total. The van der Waals surface area contributed by atoms with Gasteiger partial charge < -0.3 is 5.32 Å². The quantitative estimate of drug-likeness (QED) is 0.731. The molecule has 0 fully saturated rings. The smallest absolute Gasteiger partial charge is 0.257 e. The molecule has 1 aliphatic carbocycles. The van der Waals surface area contributed by atoms with Gasteiger partial charge in [0.05, 0.1) is 12.2 Å². The third-order valence-corrected chi connectivity index (χ3v) is 5.39. The molecular weight excluding hydrogens is 338 g/mol. The van der Waals surface area contributed by atoms with Crippen molar-refractivity contribution in [2.24, 2.45) is 0 Å². The molecule has 1 aromatic carbocycles. The Morgan fingerprint density at radius 2 is 2.07 bits per heavy atom. The fraction of sp³-hybridized carbons (Fsp3) is 0.381. The van der Waals surface area contributed by atoms with Gasteiger partial charge in [0.1, 0.15) is 5.56 Å². The molecule has 0 bridgehead atoms. The van der Waals surface area contributed by atoms with Gasteiger partial charge in [0.25, 0.3) is 5.91 Å². The van der Waals surface area contributed by atoms with E-state index in [9.17, 15) is 4.79 Å². The van der Waals surface area contributed by atoms with E-state index in [4.69, 9.17) is 0 Å². The molecule has 140 valence electrons. The predicted octanol–water partition coefficient (Wildman–Crippen LogP) is 2.99. The van der Waals surface area contributed by atoms with Crippen LogP contribution in [0.2, 0.25) is 0 Å². The summed E-state index contributed by atoms with van der Waals surface area (Å²) in [6.45, 7) is 7.10. The summed E-state index contributed by atoms with van der Waals surface area (Å²) in [7, 11) is 0. The second kappa shape index (κ2) is 7.48. The Hall–Kier alpha value is -2.73. The second-order valence-electron chi connectivity index (χ2n) is 7.01. The van der Waals surface area contributed by atoms with Gasteiger partial charge in [0.15, 0.2) is 5.65 Å². The average Bonchev–Trinajstić information content (AvgIpc) is 3.30. The first-order valence-electron chi connectivity index (χ1n) is 9.62. The lowest BCUT2D eigenvalue weighted by Gasteiger charge is -2.17. The summed E-state index contributed by atoms with van der Waals surface area (Å²) in [4.78, 5) is 19.7. The summed E-state index contributed by atoms with van der Waals surface area (Å²) in [6, 6.07) is 8.37. The molecule has 1 amide bonds. The van der Waals surface area contributed by atoms with Gasteiger partial charge in [0.2, 0.25) is 0 Å². The topological polar surface area (TPSA) is 62.5 Å². The fourth-order valence-electron chi connectivity index (χ4n) is 3.80. The number of amides is 1. The molecule has 1 atom stereocenters. The first-order chi connectivity index (χ1) is 13.2.